The Hall–Kier alpha value is -0.750. The Morgan fingerprint density at radius 1 is 1.53 bits per heavy atom. The number of esters is 1. The van der Waals surface area contributed by atoms with Gasteiger partial charge in [-0.05, 0) is 19.1 Å². The minimum absolute atomic E-state index is 0.0860. The smallest absolute Gasteiger partial charge is 0.362 e. The molecule has 102 valence electrons. The Bertz CT molecular complexity index is 530. The second-order valence-electron chi connectivity index (χ2n) is 3.84. The lowest BCUT2D eigenvalue weighted by Crippen LogP contribution is -2.38. The van der Waals surface area contributed by atoms with Crippen LogP contribution in [0.15, 0.2) is 23.2 Å². The fourth-order valence-corrected chi connectivity index (χ4v) is 3.37. The maximum atomic E-state index is 11.7. The second kappa shape index (κ2) is 5.71. The van der Waals surface area contributed by atoms with Crippen molar-refractivity contribution in [3.8, 4) is 0 Å². The van der Waals surface area contributed by atoms with E-state index in [0.717, 1.165) is 0 Å². The van der Waals surface area contributed by atoms with E-state index in [1.807, 2.05) is 0 Å². The predicted octanol–water partition coefficient (Wildman–Crippen LogP) is 2.74. The highest BCUT2D eigenvalue weighted by Gasteiger charge is 2.43. The summed E-state index contributed by atoms with van der Waals surface area (Å²) < 4.78 is 4.80. The third kappa shape index (κ3) is 2.89. The molecule has 0 bridgehead atoms. The summed E-state index contributed by atoms with van der Waals surface area (Å²) in [6.07, 6.45) is 0. The van der Waals surface area contributed by atoms with E-state index in [4.69, 9.17) is 27.9 Å². The van der Waals surface area contributed by atoms with Crippen LogP contribution in [0.2, 0.25) is 10.0 Å². The molecule has 0 aromatic heterocycles. The van der Waals surface area contributed by atoms with Crippen molar-refractivity contribution in [1.29, 1.82) is 0 Å². The molecule has 1 unspecified atom stereocenters. The van der Waals surface area contributed by atoms with Crippen LogP contribution in [-0.2, 0) is 9.53 Å². The van der Waals surface area contributed by atoms with Gasteiger partial charge in [0.1, 0.15) is 5.04 Å². The molecule has 0 radical (unpaired) electrons. The molecule has 1 N–H and O–H groups in total. The summed E-state index contributed by atoms with van der Waals surface area (Å²) in [5.41, 5.74) is -1.34. The molecule has 2 rings (SSSR count). The zero-order valence-electron chi connectivity index (χ0n) is 10.0. The molecule has 1 aliphatic heterocycles. The van der Waals surface area contributed by atoms with Gasteiger partial charge in [-0.3, -0.25) is 0 Å². The van der Waals surface area contributed by atoms with E-state index in [0.29, 0.717) is 20.7 Å². The van der Waals surface area contributed by atoms with E-state index in [1.54, 1.807) is 25.1 Å². The summed E-state index contributed by atoms with van der Waals surface area (Å²) in [5, 5.41) is 11.4. The number of carbonyl (C=O) groups is 1. The quantitative estimate of drug-likeness (QED) is 0.870. The highest BCUT2D eigenvalue weighted by molar-refractivity contribution is 8.14. The van der Waals surface area contributed by atoms with Crippen LogP contribution in [0.5, 0.6) is 0 Å². The third-order valence-corrected chi connectivity index (χ3v) is 4.22. The number of aliphatic imine (C=N–C) groups is 1. The van der Waals surface area contributed by atoms with E-state index in [2.05, 4.69) is 4.99 Å². The summed E-state index contributed by atoms with van der Waals surface area (Å²) in [7, 11) is 0. The van der Waals surface area contributed by atoms with Gasteiger partial charge in [0, 0.05) is 5.56 Å². The number of carbonyl (C=O) groups excluding carboxylic acids is 1. The maximum Gasteiger partial charge on any atom is 0.362 e. The van der Waals surface area contributed by atoms with E-state index < -0.39 is 11.7 Å². The Kier molecular flexibility index (Phi) is 4.40. The molecule has 1 aliphatic rings. The monoisotopic (exact) mass is 319 g/mol. The Labute approximate surface area is 124 Å². The fraction of sp³-hybridized carbons (Fsp3) is 0.333. The van der Waals surface area contributed by atoms with Crippen LogP contribution in [0.4, 0.5) is 0 Å². The largest absolute Gasteiger partial charge is 0.462 e. The first-order chi connectivity index (χ1) is 8.98. The number of aliphatic hydroxyl groups is 1. The van der Waals surface area contributed by atoms with Gasteiger partial charge in [-0.15, -0.1) is 11.8 Å². The minimum atomic E-state index is -1.86. The van der Waals surface area contributed by atoms with Gasteiger partial charge in [0.2, 0.25) is 0 Å². The average Bonchev–Trinajstić information content (AvgIpc) is 2.73. The summed E-state index contributed by atoms with van der Waals surface area (Å²) in [6, 6.07) is 5.06. The van der Waals surface area contributed by atoms with Crippen molar-refractivity contribution >= 4 is 46.0 Å². The molecular weight excluding hydrogens is 309 g/mol. The number of rotatable bonds is 3. The Balaban J connectivity index is 2.36. The SMILES string of the molecule is CCOC(=O)C1(O)CSC(c2c(Cl)cccc2Cl)=N1. The van der Waals surface area contributed by atoms with Crippen LogP contribution in [0.3, 0.4) is 0 Å². The van der Waals surface area contributed by atoms with Crippen LogP contribution in [0.1, 0.15) is 12.5 Å². The molecule has 1 aromatic rings. The summed E-state index contributed by atoms with van der Waals surface area (Å²) in [6.45, 7) is 1.85. The van der Waals surface area contributed by atoms with Gasteiger partial charge in [-0.1, -0.05) is 29.3 Å². The highest BCUT2D eigenvalue weighted by atomic mass is 35.5. The van der Waals surface area contributed by atoms with Gasteiger partial charge in [-0.2, -0.15) is 0 Å². The normalized spacial score (nSPS) is 22.2. The molecule has 4 nitrogen and oxygen atoms in total. The van der Waals surface area contributed by atoms with E-state index in [9.17, 15) is 9.90 Å². The topological polar surface area (TPSA) is 58.9 Å². The summed E-state index contributed by atoms with van der Waals surface area (Å²) in [5.74, 6) is -0.677. The number of nitrogens with zero attached hydrogens (tertiary/aromatic N) is 1. The van der Waals surface area contributed by atoms with Crippen molar-refractivity contribution in [3.05, 3.63) is 33.8 Å². The Morgan fingerprint density at radius 3 is 2.74 bits per heavy atom. The van der Waals surface area contributed by atoms with Gasteiger partial charge in [-0.25, -0.2) is 9.79 Å². The lowest BCUT2D eigenvalue weighted by atomic mass is 10.2. The van der Waals surface area contributed by atoms with Gasteiger partial charge in [0.15, 0.2) is 0 Å². The summed E-state index contributed by atoms with van der Waals surface area (Å²) >= 11 is 13.3. The minimum Gasteiger partial charge on any atom is -0.462 e. The molecule has 0 amide bonds. The van der Waals surface area contributed by atoms with Gasteiger partial charge in [0.25, 0.3) is 5.72 Å². The van der Waals surface area contributed by atoms with E-state index in [-0.39, 0.29) is 12.4 Å². The highest BCUT2D eigenvalue weighted by Crippen LogP contribution is 2.36. The molecule has 1 heterocycles. The first kappa shape index (κ1) is 14.7. The van der Waals surface area contributed by atoms with Crippen molar-refractivity contribution in [2.24, 2.45) is 4.99 Å². The number of hydrogen-bond acceptors (Lipinski definition) is 5. The van der Waals surface area contributed by atoms with E-state index in [1.165, 1.54) is 11.8 Å². The number of benzene rings is 1. The molecule has 19 heavy (non-hydrogen) atoms. The van der Waals surface area contributed by atoms with Gasteiger partial charge in [0.05, 0.1) is 22.4 Å². The lowest BCUT2D eigenvalue weighted by molar-refractivity contribution is -0.161. The Morgan fingerprint density at radius 2 is 2.16 bits per heavy atom. The molecule has 0 saturated heterocycles. The molecule has 0 saturated carbocycles. The number of hydrogen-bond donors (Lipinski definition) is 1. The molecule has 0 fully saturated rings. The number of thioether (sulfide) groups is 1. The average molecular weight is 320 g/mol. The van der Waals surface area contributed by atoms with Gasteiger partial charge >= 0.3 is 5.97 Å². The van der Waals surface area contributed by atoms with Crippen LogP contribution in [0, 0.1) is 0 Å². The molecule has 0 spiro atoms. The van der Waals surface area contributed by atoms with E-state index >= 15 is 0 Å². The molecule has 7 heteroatoms. The second-order valence-corrected chi connectivity index (χ2v) is 5.62. The number of halogens is 2. The van der Waals surface area contributed by atoms with Crippen LogP contribution >= 0.6 is 35.0 Å². The standard InChI is InChI=1S/C12H11Cl2NO3S/c1-2-18-11(16)12(17)6-19-10(15-12)9-7(13)4-3-5-8(9)14/h3-5,17H,2,6H2,1H3. The summed E-state index contributed by atoms with van der Waals surface area (Å²) in [4.78, 5) is 15.7. The molecule has 1 atom stereocenters. The van der Waals surface area contributed by atoms with Crippen LogP contribution < -0.4 is 0 Å². The van der Waals surface area contributed by atoms with Gasteiger partial charge < -0.3 is 9.84 Å². The zero-order chi connectivity index (χ0) is 14.0. The van der Waals surface area contributed by atoms with Crippen molar-refractivity contribution in [1.82, 2.24) is 0 Å². The van der Waals surface area contributed by atoms with Crippen LogP contribution in [0.25, 0.3) is 0 Å². The number of ether oxygens (including phenoxy) is 1. The van der Waals surface area contributed by atoms with Crippen molar-refractivity contribution < 1.29 is 14.6 Å². The molecule has 1 aromatic carbocycles. The first-order valence-electron chi connectivity index (χ1n) is 5.54. The maximum absolute atomic E-state index is 11.7. The lowest BCUT2D eigenvalue weighted by Gasteiger charge is -2.15. The predicted molar refractivity (Wildman–Crippen MR) is 77.0 cm³/mol. The molecular formula is C12H11Cl2NO3S. The van der Waals surface area contributed by atoms with Crippen molar-refractivity contribution in [3.63, 3.8) is 0 Å². The van der Waals surface area contributed by atoms with Crippen molar-refractivity contribution in [2.75, 3.05) is 12.4 Å². The molecule has 0 aliphatic carbocycles. The third-order valence-electron chi connectivity index (χ3n) is 2.48. The fourth-order valence-electron chi connectivity index (χ4n) is 1.58. The zero-order valence-corrected chi connectivity index (χ0v) is 12.3. The van der Waals surface area contributed by atoms with Crippen molar-refractivity contribution in [2.45, 2.75) is 12.6 Å². The van der Waals surface area contributed by atoms with Crippen LogP contribution in [-0.4, -0.2) is 34.2 Å². The first-order valence-corrected chi connectivity index (χ1v) is 7.28.